The lowest BCUT2D eigenvalue weighted by atomic mass is 10.1. The molecule has 2 rings (SSSR count). The molecule has 0 radical (unpaired) electrons. The molecule has 134 valence electrons. The second-order valence-electron chi connectivity index (χ2n) is 5.77. The molecule has 0 aliphatic heterocycles. The van der Waals surface area contributed by atoms with Crippen molar-refractivity contribution in [3.63, 3.8) is 0 Å². The van der Waals surface area contributed by atoms with Crippen LogP contribution in [-0.2, 0) is 14.8 Å². The fraction of sp³-hybridized carbons (Fsp3) is 0.278. The third-order valence-corrected chi connectivity index (χ3v) is 4.70. The second kappa shape index (κ2) is 8.13. The van der Waals surface area contributed by atoms with Gasteiger partial charge in [0.15, 0.2) is 0 Å². The highest BCUT2D eigenvalue weighted by atomic mass is 32.2. The predicted octanol–water partition coefficient (Wildman–Crippen LogP) is 2.75. The van der Waals surface area contributed by atoms with Crippen LogP contribution in [-0.4, -0.2) is 20.9 Å². The summed E-state index contributed by atoms with van der Waals surface area (Å²) in [5.41, 5.74) is 2.01. The van der Waals surface area contributed by atoms with E-state index >= 15 is 0 Å². The third-order valence-electron chi connectivity index (χ3n) is 3.80. The number of hydrogen-bond acceptors (Lipinski definition) is 4. The normalized spacial score (nSPS) is 11.2. The first kappa shape index (κ1) is 19.0. The van der Waals surface area contributed by atoms with E-state index in [1.165, 1.54) is 12.1 Å². The molecule has 0 unspecified atom stereocenters. The molecular weight excluding hydrogens is 340 g/mol. The zero-order chi connectivity index (χ0) is 18.4. The van der Waals surface area contributed by atoms with Crippen molar-refractivity contribution in [2.45, 2.75) is 31.6 Å². The smallest absolute Gasteiger partial charge is 0.238 e. The summed E-state index contributed by atoms with van der Waals surface area (Å²) in [5.74, 6) is 0.556. The van der Waals surface area contributed by atoms with E-state index in [1.807, 2.05) is 37.3 Å². The molecular formula is C18H22N2O4S. The summed E-state index contributed by atoms with van der Waals surface area (Å²) in [6.07, 6.45) is 0.818. The van der Waals surface area contributed by atoms with E-state index in [0.717, 1.165) is 16.9 Å². The number of sulfonamides is 1. The van der Waals surface area contributed by atoms with Gasteiger partial charge in [-0.15, -0.1) is 0 Å². The average molecular weight is 362 g/mol. The number of carbonyl (C=O) groups excluding carboxylic acids is 1. The number of ether oxygens (including phenoxy) is 1. The van der Waals surface area contributed by atoms with Crippen LogP contribution < -0.4 is 15.2 Å². The van der Waals surface area contributed by atoms with Gasteiger partial charge >= 0.3 is 0 Å². The van der Waals surface area contributed by atoms with Gasteiger partial charge in [0.05, 0.1) is 11.5 Å². The van der Waals surface area contributed by atoms with Crippen molar-refractivity contribution < 1.29 is 17.9 Å². The van der Waals surface area contributed by atoms with Crippen LogP contribution in [0.15, 0.2) is 47.4 Å². The lowest BCUT2D eigenvalue weighted by molar-refractivity contribution is -0.116. The molecule has 25 heavy (non-hydrogen) atoms. The van der Waals surface area contributed by atoms with E-state index in [4.69, 9.17) is 9.88 Å². The van der Waals surface area contributed by atoms with Gasteiger partial charge in [-0.1, -0.05) is 18.2 Å². The molecule has 1 amide bonds. The van der Waals surface area contributed by atoms with E-state index in [1.54, 1.807) is 6.92 Å². The quantitative estimate of drug-likeness (QED) is 0.740. The first-order chi connectivity index (χ1) is 11.8. The van der Waals surface area contributed by atoms with E-state index in [0.29, 0.717) is 18.7 Å². The van der Waals surface area contributed by atoms with Gasteiger partial charge in [-0.3, -0.25) is 4.79 Å². The molecule has 0 saturated carbocycles. The van der Waals surface area contributed by atoms with Crippen molar-refractivity contribution >= 4 is 21.6 Å². The van der Waals surface area contributed by atoms with Crippen molar-refractivity contribution in [3.8, 4) is 5.75 Å². The Morgan fingerprint density at radius 1 is 1.16 bits per heavy atom. The predicted molar refractivity (Wildman–Crippen MR) is 97.1 cm³/mol. The van der Waals surface area contributed by atoms with E-state index in [-0.39, 0.29) is 17.2 Å². The molecule has 0 spiro atoms. The van der Waals surface area contributed by atoms with E-state index in [2.05, 4.69) is 5.32 Å². The van der Waals surface area contributed by atoms with Crippen LogP contribution in [0.1, 0.15) is 24.0 Å². The molecule has 6 nitrogen and oxygen atoms in total. The minimum absolute atomic E-state index is 0.0155. The average Bonchev–Trinajstić information content (AvgIpc) is 2.55. The summed E-state index contributed by atoms with van der Waals surface area (Å²) >= 11 is 0. The molecule has 0 fully saturated rings. The Morgan fingerprint density at radius 3 is 2.48 bits per heavy atom. The van der Waals surface area contributed by atoms with Gasteiger partial charge in [0, 0.05) is 12.1 Å². The Morgan fingerprint density at radius 2 is 1.84 bits per heavy atom. The van der Waals surface area contributed by atoms with Gasteiger partial charge in [0.2, 0.25) is 15.9 Å². The molecule has 7 heteroatoms. The molecule has 3 N–H and O–H groups in total. The number of anilines is 1. The monoisotopic (exact) mass is 362 g/mol. The number of rotatable bonds is 7. The summed E-state index contributed by atoms with van der Waals surface area (Å²) in [6, 6.07) is 12.2. The minimum atomic E-state index is -3.82. The van der Waals surface area contributed by atoms with Gasteiger partial charge in [-0.05, 0) is 55.7 Å². The molecule has 0 aromatic heterocycles. The van der Waals surface area contributed by atoms with Crippen LogP contribution in [0.5, 0.6) is 5.75 Å². The highest BCUT2D eigenvalue weighted by Gasteiger charge is 2.14. The molecule has 0 aliphatic carbocycles. The second-order valence-corrected chi connectivity index (χ2v) is 7.33. The van der Waals surface area contributed by atoms with Crippen molar-refractivity contribution in [2.24, 2.45) is 5.14 Å². The molecule has 0 heterocycles. The van der Waals surface area contributed by atoms with Gasteiger partial charge in [-0.25, -0.2) is 13.6 Å². The standard InChI is InChI=1S/C18H22N2O4S/c1-13-11-16(25(19,22)23)12-17(14(13)2)20-18(21)9-6-10-24-15-7-4-3-5-8-15/h3-5,7-8,11-12H,6,9-10H2,1-2H3,(H,20,21)(H2,19,22,23). The maximum atomic E-state index is 12.1. The van der Waals surface area contributed by atoms with Crippen molar-refractivity contribution in [3.05, 3.63) is 53.6 Å². The minimum Gasteiger partial charge on any atom is -0.494 e. The fourth-order valence-electron chi connectivity index (χ4n) is 2.27. The Labute approximate surface area is 148 Å². The Hall–Kier alpha value is -2.38. The molecule has 0 bridgehead atoms. The number of amides is 1. The van der Waals surface area contributed by atoms with Crippen molar-refractivity contribution in [1.82, 2.24) is 0 Å². The number of carbonyl (C=O) groups is 1. The number of primary sulfonamides is 1. The van der Waals surface area contributed by atoms with Crippen molar-refractivity contribution in [1.29, 1.82) is 0 Å². The number of aryl methyl sites for hydroxylation is 1. The maximum Gasteiger partial charge on any atom is 0.238 e. The summed E-state index contributed by atoms with van der Waals surface area (Å²) in [4.78, 5) is 12.1. The largest absolute Gasteiger partial charge is 0.494 e. The summed E-state index contributed by atoms with van der Waals surface area (Å²) in [6.45, 7) is 4.01. The van der Waals surface area contributed by atoms with E-state index in [9.17, 15) is 13.2 Å². The number of nitrogens with two attached hydrogens (primary N) is 1. The fourth-order valence-corrected chi connectivity index (χ4v) is 2.90. The Balaban J connectivity index is 1.93. The van der Waals surface area contributed by atoms with Gasteiger partial charge in [-0.2, -0.15) is 0 Å². The van der Waals surface area contributed by atoms with Crippen LogP contribution in [0, 0.1) is 13.8 Å². The van der Waals surface area contributed by atoms with Crippen LogP contribution >= 0.6 is 0 Å². The van der Waals surface area contributed by atoms with Crippen molar-refractivity contribution in [2.75, 3.05) is 11.9 Å². The summed E-state index contributed by atoms with van der Waals surface area (Å²) in [7, 11) is -3.82. The third kappa shape index (κ3) is 5.58. The maximum absolute atomic E-state index is 12.1. The molecule has 2 aromatic carbocycles. The number of hydrogen-bond donors (Lipinski definition) is 2. The Kier molecular flexibility index (Phi) is 6.17. The first-order valence-electron chi connectivity index (χ1n) is 7.89. The van der Waals surface area contributed by atoms with Crippen LogP contribution in [0.2, 0.25) is 0 Å². The molecule has 0 atom stereocenters. The molecule has 2 aromatic rings. The lowest BCUT2D eigenvalue weighted by Crippen LogP contribution is -2.16. The van der Waals surface area contributed by atoms with Gasteiger partial charge < -0.3 is 10.1 Å². The zero-order valence-electron chi connectivity index (χ0n) is 14.3. The lowest BCUT2D eigenvalue weighted by Gasteiger charge is -2.13. The zero-order valence-corrected chi connectivity index (χ0v) is 15.1. The van der Waals surface area contributed by atoms with E-state index < -0.39 is 10.0 Å². The molecule has 0 saturated heterocycles. The highest BCUT2D eigenvalue weighted by Crippen LogP contribution is 2.23. The van der Waals surface area contributed by atoms with Crippen LogP contribution in [0.3, 0.4) is 0 Å². The number of benzene rings is 2. The van der Waals surface area contributed by atoms with Crippen LogP contribution in [0.4, 0.5) is 5.69 Å². The SMILES string of the molecule is Cc1cc(S(N)(=O)=O)cc(NC(=O)CCCOc2ccccc2)c1C. The Bertz CT molecular complexity index is 849. The highest BCUT2D eigenvalue weighted by molar-refractivity contribution is 7.89. The van der Waals surface area contributed by atoms with Gasteiger partial charge in [0.25, 0.3) is 0 Å². The van der Waals surface area contributed by atoms with Crippen LogP contribution in [0.25, 0.3) is 0 Å². The summed E-state index contributed by atoms with van der Waals surface area (Å²) < 4.78 is 28.6. The topological polar surface area (TPSA) is 98.5 Å². The first-order valence-corrected chi connectivity index (χ1v) is 9.44. The summed E-state index contributed by atoms with van der Waals surface area (Å²) in [5, 5.41) is 7.92. The molecule has 0 aliphatic rings. The number of nitrogens with one attached hydrogen (secondary N) is 1. The van der Waals surface area contributed by atoms with Gasteiger partial charge in [0.1, 0.15) is 5.75 Å². The number of para-hydroxylation sites is 1.